The topological polar surface area (TPSA) is 75.2 Å². The number of thiophene rings is 1. The van der Waals surface area contributed by atoms with E-state index in [0.717, 1.165) is 27.9 Å². The number of H-pyrrole nitrogens is 1. The number of pyridine rings is 1. The highest BCUT2D eigenvalue weighted by Gasteiger charge is 2.10. The number of aromatic nitrogens is 2. The van der Waals surface area contributed by atoms with Crippen LogP contribution in [-0.4, -0.2) is 28.2 Å². The summed E-state index contributed by atoms with van der Waals surface area (Å²) in [7, 11) is 1.69. The Morgan fingerprint density at radius 1 is 1.12 bits per heavy atom. The first-order valence-corrected chi connectivity index (χ1v) is 8.41. The number of fused-ring (bicyclic) bond motifs is 1. The summed E-state index contributed by atoms with van der Waals surface area (Å²) >= 11 is 1.23. The summed E-state index contributed by atoms with van der Waals surface area (Å²) in [6.07, 6.45) is 3.75. The van der Waals surface area contributed by atoms with Gasteiger partial charge in [0.2, 0.25) is 0 Å². The Hall–Kier alpha value is -3.12. The van der Waals surface area contributed by atoms with Crippen LogP contribution in [0.2, 0.25) is 0 Å². The molecule has 0 aliphatic carbocycles. The van der Waals surface area contributed by atoms with Crippen molar-refractivity contribution >= 4 is 28.3 Å². The van der Waals surface area contributed by atoms with Crippen LogP contribution in [0.4, 0.5) is 0 Å². The second kappa shape index (κ2) is 7.63. The van der Waals surface area contributed by atoms with E-state index in [-0.39, 0.29) is 0 Å². The van der Waals surface area contributed by atoms with E-state index in [4.69, 9.17) is 9.84 Å². The number of rotatable bonds is 3. The molecule has 0 radical (unpaired) electrons. The zero-order chi connectivity index (χ0) is 17.6. The van der Waals surface area contributed by atoms with Crippen molar-refractivity contribution in [2.24, 2.45) is 0 Å². The number of ether oxygens (including phenoxy) is 1. The van der Waals surface area contributed by atoms with Gasteiger partial charge in [-0.2, -0.15) is 0 Å². The van der Waals surface area contributed by atoms with Gasteiger partial charge in [-0.3, -0.25) is 0 Å². The number of carbonyl (C=O) groups is 1. The molecule has 3 heterocycles. The lowest BCUT2D eigenvalue weighted by atomic mass is 10.1. The number of hydrogen-bond donors (Lipinski definition) is 2. The smallest absolute Gasteiger partial charge is 0.345 e. The fourth-order valence-electron chi connectivity index (χ4n) is 2.45. The van der Waals surface area contributed by atoms with Crippen LogP contribution >= 0.6 is 11.3 Å². The summed E-state index contributed by atoms with van der Waals surface area (Å²) in [4.78, 5) is 17.9. The highest BCUT2D eigenvalue weighted by molar-refractivity contribution is 7.11. The summed E-state index contributed by atoms with van der Waals surface area (Å²) in [5.41, 5.74) is 3.09. The van der Waals surface area contributed by atoms with E-state index in [9.17, 15) is 4.79 Å². The van der Waals surface area contributed by atoms with Gasteiger partial charge in [0, 0.05) is 28.9 Å². The van der Waals surface area contributed by atoms with Gasteiger partial charge in [0.15, 0.2) is 0 Å². The molecule has 0 saturated carbocycles. The van der Waals surface area contributed by atoms with Crippen LogP contribution in [0.5, 0.6) is 5.75 Å². The Kier molecular flexibility index (Phi) is 5.11. The lowest BCUT2D eigenvalue weighted by Gasteiger charge is -2.06. The van der Waals surface area contributed by atoms with Crippen LogP contribution < -0.4 is 4.74 Å². The molecule has 0 saturated heterocycles. The summed E-state index contributed by atoms with van der Waals surface area (Å²) in [6, 6.07) is 15.3. The molecule has 0 aliphatic heterocycles. The first-order chi connectivity index (χ1) is 12.2. The van der Waals surface area contributed by atoms with Crippen molar-refractivity contribution < 1.29 is 14.6 Å². The number of aromatic carboxylic acids is 1. The Bertz CT molecular complexity index is 977. The summed E-state index contributed by atoms with van der Waals surface area (Å²) in [5, 5.41) is 11.1. The quantitative estimate of drug-likeness (QED) is 0.561. The van der Waals surface area contributed by atoms with Crippen molar-refractivity contribution in [1.29, 1.82) is 0 Å². The van der Waals surface area contributed by atoms with E-state index in [1.807, 2.05) is 30.5 Å². The molecular weight excluding hydrogens is 336 g/mol. The first-order valence-electron chi connectivity index (χ1n) is 7.53. The minimum absolute atomic E-state index is 0.394. The number of methoxy groups -OCH3 is 1. The molecular formula is C19H16N2O3S. The average molecular weight is 352 g/mol. The van der Waals surface area contributed by atoms with E-state index in [1.54, 1.807) is 30.8 Å². The molecule has 0 bridgehead atoms. The van der Waals surface area contributed by atoms with Crippen LogP contribution in [0.15, 0.2) is 66.3 Å². The van der Waals surface area contributed by atoms with Gasteiger partial charge >= 0.3 is 5.97 Å². The van der Waals surface area contributed by atoms with Crippen molar-refractivity contribution in [3.05, 3.63) is 71.2 Å². The van der Waals surface area contributed by atoms with Gasteiger partial charge < -0.3 is 14.8 Å². The molecule has 0 aliphatic rings. The number of benzene rings is 1. The van der Waals surface area contributed by atoms with Gasteiger partial charge in [0.05, 0.1) is 7.11 Å². The van der Waals surface area contributed by atoms with E-state index in [2.05, 4.69) is 22.1 Å². The summed E-state index contributed by atoms with van der Waals surface area (Å²) < 4.78 is 5.38. The third-order valence-electron chi connectivity index (χ3n) is 3.58. The van der Waals surface area contributed by atoms with Crippen LogP contribution in [0.25, 0.3) is 22.2 Å². The fourth-order valence-corrected chi connectivity index (χ4v) is 3.01. The van der Waals surface area contributed by atoms with Gasteiger partial charge in [-0.05, 0) is 29.6 Å². The Morgan fingerprint density at radius 2 is 1.96 bits per heavy atom. The molecule has 3 aromatic heterocycles. The predicted molar refractivity (Wildman–Crippen MR) is 99.4 cm³/mol. The van der Waals surface area contributed by atoms with Crippen molar-refractivity contribution in [2.45, 2.75) is 0 Å². The predicted octanol–water partition coefficient (Wildman–Crippen LogP) is 4.68. The first kappa shape index (κ1) is 16.7. The molecule has 2 N–H and O–H groups in total. The maximum Gasteiger partial charge on any atom is 0.345 e. The molecule has 126 valence electrons. The third kappa shape index (κ3) is 3.70. The molecule has 0 fully saturated rings. The largest absolute Gasteiger partial charge is 0.496 e. The van der Waals surface area contributed by atoms with Gasteiger partial charge in [-0.25, -0.2) is 9.78 Å². The highest BCUT2D eigenvalue weighted by Crippen LogP contribution is 2.33. The van der Waals surface area contributed by atoms with Gasteiger partial charge in [0.1, 0.15) is 16.3 Å². The van der Waals surface area contributed by atoms with E-state index in [1.165, 1.54) is 11.3 Å². The van der Waals surface area contributed by atoms with Gasteiger partial charge in [-0.1, -0.05) is 24.3 Å². The van der Waals surface area contributed by atoms with Crippen molar-refractivity contribution in [3.63, 3.8) is 0 Å². The monoisotopic (exact) mass is 352 g/mol. The molecule has 0 unspecified atom stereocenters. The van der Waals surface area contributed by atoms with Gasteiger partial charge in [0.25, 0.3) is 0 Å². The van der Waals surface area contributed by atoms with Crippen molar-refractivity contribution in [3.8, 4) is 16.9 Å². The number of carboxylic acid groups (broad SMARTS) is 1. The van der Waals surface area contributed by atoms with E-state index in [0.29, 0.717) is 4.88 Å². The van der Waals surface area contributed by atoms with Crippen LogP contribution in [0.1, 0.15) is 9.67 Å². The van der Waals surface area contributed by atoms with Crippen molar-refractivity contribution in [2.75, 3.05) is 7.11 Å². The number of para-hydroxylation sites is 1. The zero-order valence-corrected chi connectivity index (χ0v) is 14.3. The fraction of sp³-hybridized carbons (Fsp3) is 0.0526. The molecule has 0 spiro atoms. The molecule has 4 rings (SSSR count). The average Bonchev–Trinajstić information content (AvgIpc) is 3.32. The highest BCUT2D eigenvalue weighted by atomic mass is 32.1. The molecule has 25 heavy (non-hydrogen) atoms. The Balaban J connectivity index is 0.000000192. The molecule has 0 atom stereocenters. The lowest BCUT2D eigenvalue weighted by Crippen LogP contribution is -1.89. The standard InChI is InChI=1S/C14H12N2O.C5H4O2S/c1-17-13-7-3-2-5-10(13)12-9-16-14-11(12)6-4-8-15-14;6-5(7)4-2-1-3-8-4/h2-9H,1H3,(H,15,16);1-3H,(H,6,7). The number of aromatic amines is 1. The molecule has 0 amide bonds. The zero-order valence-electron chi connectivity index (χ0n) is 13.5. The Morgan fingerprint density at radius 3 is 2.64 bits per heavy atom. The van der Waals surface area contributed by atoms with Crippen molar-refractivity contribution in [1.82, 2.24) is 9.97 Å². The third-order valence-corrected chi connectivity index (χ3v) is 4.44. The van der Waals surface area contributed by atoms with Crippen LogP contribution in [0.3, 0.4) is 0 Å². The van der Waals surface area contributed by atoms with Gasteiger partial charge in [-0.15, -0.1) is 11.3 Å². The maximum absolute atomic E-state index is 10.1. The number of hydrogen-bond acceptors (Lipinski definition) is 4. The second-order valence-corrected chi connectivity index (χ2v) is 6.03. The van der Waals surface area contributed by atoms with Crippen LogP contribution in [0, 0.1) is 0 Å². The summed E-state index contributed by atoms with van der Waals surface area (Å²) in [5.74, 6) is 0.0252. The molecule has 6 heteroatoms. The molecule has 5 nitrogen and oxygen atoms in total. The lowest BCUT2D eigenvalue weighted by molar-refractivity contribution is 0.0702. The Labute approximate surface area is 148 Å². The SMILES string of the molecule is COc1ccccc1-c1c[nH]c2ncccc12.O=C(O)c1cccs1. The van der Waals surface area contributed by atoms with E-state index >= 15 is 0 Å². The summed E-state index contributed by atoms with van der Waals surface area (Å²) in [6.45, 7) is 0. The number of nitrogens with zero attached hydrogens (tertiary/aromatic N) is 1. The minimum atomic E-state index is -0.847. The molecule has 4 aromatic rings. The number of nitrogens with one attached hydrogen (secondary N) is 1. The second-order valence-electron chi connectivity index (χ2n) is 5.08. The normalized spacial score (nSPS) is 10.1. The number of carboxylic acids is 1. The maximum atomic E-state index is 10.1. The van der Waals surface area contributed by atoms with E-state index < -0.39 is 5.97 Å². The molecule has 1 aromatic carbocycles. The minimum Gasteiger partial charge on any atom is -0.496 e. The van der Waals surface area contributed by atoms with Crippen LogP contribution in [-0.2, 0) is 0 Å².